The number of nitrogens with zero attached hydrogens (tertiary/aromatic N) is 3. The van der Waals surface area contributed by atoms with E-state index in [1.807, 2.05) is 12.3 Å². The molecule has 0 spiro atoms. The number of rotatable bonds is 8. The van der Waals surface area contributed by atoms with Gasteiger partial charge in [0.2, 0.25) is 0 Å². The maximum absolute atomic E-state index is 13.3. The molecule has 0 saturated carbocycles. The average Bonchev–Trinajstić information content (AvgIpc) is 2.78. The molecule has 4 rings (SSSR count). The van der Waals surface area contributed by atoms with Crippen molar-refractivity contribution < 1.29 is 8.78 Å². The average molecular weight is 451 g/mol. The second-order valence-corrected chi connectivity index (χ2v) is 9.45. The second-order valence-electron chi connectivity index (χ2n) is 9.45. The number of benzene rings is 2. The summed E-state index contributed by atoms with van der Waals surface area (Å²) in [5, 5.41) is 3.48. The number of hydrogen-bond acceptors (Lipinski definition) is 4. The van der Waals surface area contributed by atoms with Crippen molar-refractivity contribution >= 4 is 0 Å². The molecule has 0 amide bonds. The fraction of sp³-hybridized carbons (Fsp3) is 0.407. The van der Waals surface area contributed by atoms with Gasteiger partial charge >= 0.3 is 0 Å². The lowest BCUT2D eigenvalue weighted by Crippen LogP contribution is -2.57. The number of halogens is 2. The molecule has 1 saturated heterocycles. The summed E-state index contributed by atoms with van der Waals surface area (Å²) in [7, 11) is 0. The van der Waals surface area contributed by atoms with E-state index >= 15 is 0 Å². The van der Waals surface area contributed by atoms with Crippen LogP contribution in [0.4, 0.5) is 8.78 Å². The summed E-state index contributed by atoms with van der Waals surface area (Å²) in [6, 6.07) is 14.2. The normalized spacial score (nSPS) is 16.1. The van der Waals surface area contributed by atoms with Crippen molar-refractivity contribution in [2.24, 2.45) is 0 Å². The third-order valence-corrected chi connectivity index (χ3v) is 6.31. The van der Waals surface area contributed by atoms with E-state index in [1.165, 1.54) is 17.7 Å². The fourth-order valence-corrected chi connectivity index (χ4v) is 4.41. The maximum Gasteiger partial charge on any atom is 0.128 e. The van der Waals surface area contributed by atoms with Gasteiger partial charge in [-0.15, -0.1) is 0 Å². The van der Waals surface area contributed by atoms with Crippen LogP contribution in [0.1, 0.15) is 43.6 Å². The van der Waals surface area contributed by atoms with Crippen molar-refractivity contribution in [2.75, 3.05) is 19.6 Å². The first-order chi connectivity index (χ1) is 15.9. The van der Waals surface area contributed by atoms with Crippen LogP contribution in [0.25, 0.3) is 11.3 Å². The molecule has 174 valence electrons. The van der Waals surface area contributed by atoms with E-state index in [9.17, 15) is 8.78 Å². The third kappa shape index (κ3) is 6.42. The number of piperazine rings is 1. The summed E-state index contributed by atoms with van der Waals surface area (Å²) < 4.78 is 26.7. The minimum Gasteiger partial charge on any atom is -0.314 e. The van der Waals surface area contributed by atoms with E-state index in [2.05, 4.69) is 53.3 Å². The van der Waals surface area contributed by atoms with E-state index in [4.69, 9.17) is 4.98 Å². The van der Waals surface area contributed by atoms with Gasteiger partial charge in [-0.05, 0) is 68.5 Å². The highest BCUT2D eigenvalue weighted by atomic mass is 19.1. The Morgan fingerprint density at radius 3 is 2.55 bits per heavy atom. The van der Waals surface area contributed by atoms with Crippen LogP contribution < -0.4 is 5.32 Å². The summed E-state index contributed by atoms with van der Waals surface area (Å²) in [6.07, 6.45) is 4.87. The molecule has 33 heavy (non-hydrogen) atoms. The molecule has 6 heteroatoms. The Hall–Kier alpha value is -2.70. The van der Waals surface area contributed by atoms with Crippen LogP contribution >= 0.6 is 0 Å². The molecule has 2 aromatic carbocycles. The molecule has 0 atom stereocenters. The standard InChI is InChI=1S/C27H32F2N4/c1-27(2)19-30-12-13-33(27)18-21-7-5-8-22(14-21)25-10-11-31-26(32-25)9-4-3-6-20-15-23(28)17-24(29)16-20/h5,7-8,10-11,14-17,30H,3-4,6,9,12-13,18-19H2,1-2H3. The highest BCUT2D eigenvalue weighted by Gasteiger charge is 2.29. The zero-order valence-corrected chi connectivity index (χ0v) is 19.5. The predicted molar refractivity (Wildman–Crippen MR) is 128 cm³/mol. The van der Waals surface area contributed by atoms with Crippen LogP contribution in [0.15, 0.2) is 54.7 Å². The molecule has 2 heterocycles. The lowest BCUT2D eigenvalue weighted by Gasteiger charge is -2.43. The van der Waals surface area contributed by atoms with Crippen molar-refractivity contribution in [3.8, 4) is 11.3 Å². The Kier molecular flexibility index (Phi) is 7.46. The number of hydrogen-bond donors (Lipinski definition) is 1. The molecular formula is C27H32F2N4. The van der Waals surface area contributed by atoms with Crippen molar-refractivity contribution in [3.05, 3.63) is 83.3 Å². The fourth-order valence-electron chi connectivity index (χ4n) is 4.41. The Labute approximate surface area is 195 Å². The van der Waals surface area contributed by atoms with E-state index in [0.29, 0.717) is 12.0 Å². The lowest BCUT2D eigenvalue weighted by molar-refractivity contribution is 0.0828. The van der Waals surface area contributed by atoms with Crippen LogP contribution in [0.5, 0.6) is 0 Å². The Balaban J connectivity index is 1.36. The summed E-state index contributed by atoms with van der Waals surface area (Å²) in [4.78, 5) is 11.7. The van der Waals surface area contributed by atoms with Crippen LogP contribution in [-0.4, -0.2) is 40.0 Å². The van der Waals surface area contributed by atoms with E-state index < -0.39 is 11.6 Å². The summed E-state index contributed by atoms with van der Waals surface area (Å²) in [6.45, 7) is 8.54. The predicted octanol–water partition coefficient (Wildman–Crippen LogP) is 5.17. The van der Waals surface area contributed by atoms with Gasteiger partial charge in [0, 0.05) is 56.0 Å². The highest BCUT2D eigenvalue weighted by molar-refractivity contribution is 5.59. The van der Waals surface area contributed by atoms with Gasteiger partial charge in [0.15, 0.2) is 0 Å². The molecule has 0 aliphatic carbocycles. The Bertz CT molecular complexity index is 1060. The van der Waals surface area contributed by atoms with Gasteiger partial charge in [0.1, 0.15) is 17.5 Å². The monoisotopic (exact) mass is 450 g/mol. The molecule has 1 aliphatic rings. The zero-order valence-electron chi connectivity index (χ0n) is 19.5. The Morgan fingerprint density at radius 2 is 1.76 bits per heavy atom. The van der Waals surface area contributed by atoms with Crippen molar-refractivity contribution in [3.63, 3.8) is 0 Å². The summed E-state index contributed by atoms with van der Waals surface area (Å²) in [5.74, 6) is -0.251. The Morgan fingerprint density at radius 1 is 0.970 bits per heavy atom. The van der Waals surface area contributed by atoms with Crippen molar-refractivity contribution in [1.29, 1.82) is 0 Å². The summed E-state index contributed by atoms with van der Waals surface area (Å²) >= 11 is 0. The first-order valence-corrected chi connectivity index (χ1v) is 11.7. The minimum atomic E-state index is -0.524. The minimum absolute atomic E-state index is 0.133. The van der Waals surface area contributed by atoms with Crippen molar-refractivity contribution in [1.82, 2.24) is 20.2 Å². The smallest absolute Gasteiger partial charge is 0.128 e. The van der Waals surface area contributed by atoms with E-state index in [-0.39, 0.29) is 5.54 Å². The third-order valence-electron chi connectivity index (χ3n) is 6.31. The topological polar surface area (TPSA) is 41.0 Å². The molecule has 4 nitrogen and oxygen atoms in total. The van der Waals surface area contributed by atoms with E-state index in [0.717, 1.165) is 68.6 Å². The van der Waals surface area contributed by atoms with Gasteiger partial charge < -0.3 is 5.32 Å². The largest absolute Gasteiger partial charge is 0.314 e. The lowest BCUT2D eigenvalue weighted by atomic mass is 9.98. The molecule has 1 aliphatic heterocycles. The first kappa shape index (κ1) is 23.5. The quantitative estimate of drug-likeness (QED) is 0.481. The second kappa shape index (κ2) is 10.5. The SMILES string of the molecule is CC1(C)CNCCN1Cc1cccc(-c2ccnc(CCCCc3cc(F)cc(F)c3)n2)c1. The molecule has 1 N–H and O–H groups in total. The molecular weight excluding hydrogens is 418 g/mol. The zero-order chi connectivity index (χ0) is 23.3. The van der Waals surface area contributed by atoms with Gasteiger partial charge in [-0.1, -0.05) is 18.2 Å². The van der Waals surface area contributed by atoms with Gasteiger partial charge in [0.25, 0.3) is 0 Å². The molecule has 0 unspecified atom stereocenters. The number of aromatic nitrogens is 2. The van der Waals surface area contributed by atoms with Gasteiger partial charge in [-0.25, -0.2) is 18.7 Å². The first-order valence-electron chi connectivity index (χ1n) is 11.7. The molecule has 1 aromatic heterocycles. The van der Waals surface area contributed by atoms with Crippen molar-refractivity contribution in [2.45, 2.75) is 51.6 Å². The van der Waals surface area contributed by atoms with Gasteiger partial charge in [-0.2, -0.15) is 0 Å². The molecule has 0 bridgehead atoms. The van der Waals surface area contributed by atoms with Crippen LogP contribution in [-0.2, 0) is 19.4 Å². The summed E-state index contributed by atoms with van der Waals surface area (Å²) in [5.41, 5.74) is 4.12. The van der Waals surface area contributed by atoms with Gasteiger partial charge in [-0.3, -0.25) is 4.90 Å². The number of nitrogens with one attached hydrogen (secondary N) is 1. The van der Waals surface area contributed by atoms with Gasteiger partial charge in [0.05, 0.1) is 5.69 Å². The number of aryl methyl sites for hydroxylation is 2. The van der Waals surface area contributed by atoms with Crippen LogP contribution in [0.2, 0.25) is 0 Å². The molecule has 1 fully saturated rings. The van der Waals surface area contributed by atoms with E-state index in [1.54, 1.807) is 0 Å². The highest BCUT2D eigenvalue weighted by Crippen LogP contribution is 2.23. The molecule has 3 aromatic rings. The maximum atomic E-state index is 13.3. The molecule has 0 radical (unpaired) electrons. The van der Waals surface area contributed by atoms with Crippen LogP contribution in [0, 0.1) is 11.6 Å². The number of unbranched alkanes of at least 4 members (excludes halogenated alkanes) is 1. The van der Waals surface area contributed by atoms with Crippen LogP contribution in [0.3, 0.4) is 0 Å².